The Morgan fingerprint density at radius 3 is 1.80 bits per heavy atom. The summed E-state index contributed by atoms with van der Waals surface area (Å²) in [5, 5.41) is 14.6. The number of aromatic nitrogens is 4. The first-order valence-electron chi connectivity index (χ1n) is 20.3. The SMILES string of the molecule is c1ccc(-c2nc(-c3ccc4ccccc4c3)nc(-c3cc4ccccc4c4sc5cc(-n6c7cc8ccccc8cc7c7c8ccccc8ccc76)ccc5c34)n2)cc1. The molecular formula is C55H32N4S. The lowest BCUT2D eigenvalue weighted by Crippen LogP contribution is -2.00. The van der Waals surface area contributed by atoms with Gasteiger partial charge in [-0.2, -0.15) is 0 Å². The van der Waals surface area contributed by atoms with Crippen LogP contribution in [0.15, 0.2) is 194 Å². The Morgan fingerprint density at radius 2 is 0.983 bits per heavy atom. The second-order valence-corrected chi connectivity index (χ2v) is 16.7. The third-order valence-electron chi connectivity index (χ3n) is 12.1. The zero-order chi connectivity index (χ0) is 39.3. The molecule has 4 nitrogen and oxygen atoms in total. The van der Waals surface area contributed by atoms with Gasteiger partial charge in [0.15, 0.2) is 17.5 Å². The Labute approximate surface area is 348 Å². The van der Waals surface area contributed by atoms with E-state index in [4.69, 9.17) is 15.0 Å². The third kappa shape index (κ3) is 5.06. The van der Waals surface area contributed by atoms with Crippen LogP contribution in [0.2, 0.25) is 0 Å². The van der Waals surface area contributed by atoms with Crippen LogP contribution in [0, 0.1) is 0 Å². The molecule has 13 rings (SSSR count). The molecule has 0 saturated carbocycles. The number of benzene rings is 10. The first-order valence-corrected chi connectivity index (χ1v) is 21.1. The first kappa shape index (κ1) is 33.3. The fourth-order valence-corrected chi connectivity index (χ4v) is 10.6. The highest BCUT2D eigenvalue weighted by molar-refractivity contribution is 7.26. The zero-order valence-electron chi connectivity index (χ0n) is 32.2. The maximum atomic E-state index is 5.30. The van der Waals surface area contributed by atoms with Gasteiger partial charge in [0.05, 0.1) is 11.0 Å². The van der Waals surface area contributed by atoms with Gasteiger partial charge in [0.1, 0.15) is 0 Å². The zero-order valence-corrected chi connectivity index (χ0v) is 33.0. The fraction of sp³-hybridized carbons (Fsp3) is 0. The van der Waals surface area contributed by atoms with E-state index < -0.39 is 0 Å². The Kier molecular flexibility index (Phi) is 7.14. The van der Waals surface area contributed by atoms with Crippen molar-refractivity contribution in [2.45, 2.75) is 0 Å². The summed E-state index contributed by atoms with van der Waals surface area (Å²) in [6.45, 7) is 0. The Balaban J connectivity index is 1.08. The van der Waals surface area contributed by atoms with Gasteiger partial charge in [-0.3, -0.25) is 0 Å². The topological polar surface area (TPSA) is 43.6 Å². The van der Waals surface area contributed by atoms with Crippen molar-refractivity contribution < 1.29 is 0 Å². The molecular weight excluding hydrogens is 749 g/mol. The number of thiophene rings is 1. The number of rotatable bonds is 4. The van der Waals surface area contributed by atoms with Crippen molar-refractivity contribution in [3.05, 3.63) is 194 Å². The molecule has 0 N–H and O–H groups in total. The van der Waals surface area contributed by atoms with Crippen LogP contribution in [0.3, 0.4) is 0 Å². The van der Waals surface area contributed by atoms with Gasteiger partial charge in [0.2, 0.25) is 0 Å². The fourth-order valence-electron chi connectivity index (χ4n) is 9.34. The minimum absolute atomic E-state index is 0.651. The summed E-state index contributed by atoms with van der Waals surface area (Å²) >= 11 is 1.85. The van der Waals surface area contributed by atoms with Crippen molar-refractivity contribution in [1.82, 2.24) is 19.5 Å². The molecule has 0 radical (unpaired) electrons. The first-order chi connectivity index (χ1) is 29.7. The van der Waals surface area contributed by atoms with Crippen LogP contribution in [0.1, 0.15) is 0 Å². The molecule has 0 atom stereocenters. The normalized spacial score (nSPS) is 12.0. The van der Waals surface area contributed by atoms with Crippen molar-refractivity contribution in [1.29, 1.82) is 0 Å². The highest BCUT2D eigenvalue weighted by atomic mass is 32.1. The summed E-state index contributed by atoms with van der Waals surface area (Å²) < 4.78 is 4.90. The van der Waals surface area contributed by atoms with Gasteiger partial charge >= 0.3 is 0 Å². The molecule has 0 unspecified atom stereocenters. The van der Waals surface area contributed by atoms with Gasteiger partial charge in [-0.15, -0.1) is 11.3 Å². The van der Waals surface area contributed by atoms with Gasteiger partial charge in [0, 0.05) is 53.3 Å². The summed E-state index contributed by atoms with van der Waals surface area (Å²) in [6.07, 6.45) is 0. The summed E-state index contributed by atoms with van der Waals surface area (Å²) in [4.78, 5) is 15.7. The summed E-state index contributed by atoms with van der Waals surface area (Å²) in [5.41, 5.74) is 6.44. The molecule has 0 spiro atoms. The van der Waals surface area contributed by atoms with Crippen LogP contribution >= 0.6 is 11.3 Å². The van der Waals surface area contributed by atoms with E-state index in [0.717, 1.165) is 38.5 Å². The van der Waals surface area contributed by atoms with E-state index in [1.165, 1.54) is 68.9 Å². The third-order valence-corrected chi connectivity index (χ3v) is 13.3. The van der Waals surface area contributed by atoms with E-state index in [1.54, 1.807) is 0 Å². The predicted molar refractivity (Wildman–Crippen MR) is 253 cm³/mol. The molecule has 10 aromatic carbocycles. The molecule has 0 saturated heterocycles. The van der Waals surface area contributed by atoms with E-state index in [9.17, 15) is 0 Å². The molecule has 0 aliphatic rings. The summed E-state index contributed by atoms with van der Waals surface area (Å²) in [7, 11) is 0. The van der Waals surface area contributed by atoms with Crippen LogP contribution in [-0.2, 0) is 0 Å². The molecule has 3 heterocycles. The van der Waals surface area contributed by atoms with E-state index in [0.29, 0.717) is 17.5 Å². The van der Waals surface area contributed by atoms with E-state index in [2.05, 4.69) is 180 Å². The second-order valence-electron chi connectivity index (χ2n) is 15.6. The van der Waals surface area contributed by atoms with E-state index in [1.807, 2.05) is 29.5 Å². The molecule has 0 bridgehead atoms. The van der Waals surface area contributed by atoms with Gasteiger partial charge in [-0.25, -0.2) is 15.0 Å². The molecule has 13 aromatic rings. The van der Waals surface area contributed by atoms with Gasteiger partial charge < -0.3 is 4.57 Å². The molecule has 60 heavy (non-hydrogen) atoms. The highest BCUT2D eigenvalue weighted by Crippen LogP contribution is 2.46. The number of hydrogen-bond donors (Lipinski definition) is 0. The predicted octanol–water partition coefficient (Wildman–Crippen LogP) is 15.0. The van der Waals surface area contributed by atoms with Gasteiger partial charge in [-0.05, 0) is 85.6 Å². The maximum Gasteiger partial charge on any atom is 0.164 e. The lowest BCUT2D eigenvalue weighted by Gasteiger charge is -2.12. The van der Waals surface area contributed by atoms with E-state index >= 15 is 0 Å². The van der Waals surface area contributed by atoms with Crippen molar-refractivity contribution in [3.63, 3.8) is 0 Å². The highest BCUT2D eigenvalue weighted by Gasteiger charge is 2.21. The molecule has 278 valence electrons. The minimum Gasteiger partial charge on any atom is -0.309 e. The maximum absolute atomic E-state index is 5.30. The number of fused-ring (bicyclic) bond motifs is 12. The Bertz CT molecular complexity index is 3900. The lowest BCUT2D eigenvalue weighted by molar-refractivity contribution is 1.08. The standard InChI is InChI=1S/C55H32N4S/c1-2-14-35(15-3-1)53-56-54(40-23-22-33-12-4-5-16-36(33)28-40)58-55(57-53)46-30-39-19-9-11-21-43(39)52-51(46)44-26-25-41(32-49(44)60-52)59-47-27-24-34-13-8-10-20-42(34)50(47)45-29-37-17-6-7-18-38(37)31-48(45)59/h1-32H. The van der Waals surface area contributed by atoms with Crippen LogP contribution in [-0.4, -0.2) is 19.5 Å². The summed E-state index contributed by atoms with van der Waals surface area (Å²) in [5.74, 6) is 1.96. The molecule has 0 aliphatic heterocycles. The summed E-state index contributed by atoms with van der Waals surface area (Å²) in [6, 6.07) is 69.8. The number of nitrogens with zero attached hydrogens (tertiary/aromatic N) is 4. The molecule has 0 amide bonds. The average Bonchev–Trinajstić information content (AvgIpc) is 3.86. The molecule has 0 aliphatic carbocycles. The second kappa shape index (κ2) is 12.9. The van der Waals surface area contributed by atoms with Crippen LogP contribution in [0.4, 0.5) is 0 Å². The smallest absolute Gasteiger partial charge is 0.164 e. The Hall–Kier alpha value is -7.73. The average molecular weight is 781 g/mol. The van der Waals surface area contributed by atoms with Crippen molar-refractivity contribution in [3.8, 4) is 39.9 Å². The lowest BCUT2D eigenvalue weighted by atomic mass is 9.99. The van der Waals surface area contributed by atoms with Gasteiger partial charge in [-0.1, -0.05) is 152 Å². The molecule has 0 fully saturated rings. The van der Waals surface area contributed by atoms with Crippen molar-refractivity contribution in [2.24, 2.45) is 0 Å². The Morgan fingerprint density at radius 1 is 0.350 bits per heavy atom. The van der Waals surface area contributed by atoms with Crippen LogP contribution < -0.4 is 0 Å². The van der Waals surface area contributed by atoms with E-state index in [-0.39, 0.29) is 0 Å². The number of hydrogen-bond acceptors (Lipinski definition) is 4. The van der Waals surface area contributed by atoms with Crippen molar-refractivity contribution in [2.75, 3.05) is 0 Å². The van der Waals surface area contributed by atoms with Crippen LogP contribution in [0.5, 0.6) is 0 Å². The quantitative estimate of drug-likeness (QED) is 0.179. The van der Waals surface area contributed by atoms with Crippen molar-refractivity contribution >= 4 is 96.4 Å². The minimum atomic E-state index is 0.651. The monoisotopic (exact) mass is 780 g/mol. The largest absolute Gasteiger partial charge is 0.309 e. The molecule has 3 aromatic heterocycles. The van der Waals surface area contributed by atoms with Gasteiger partial charge in [0.25, 0.3) is 0 Å². The molecule has 5 heteroatoms. The van der Waals surface area contributed by atoms with Crippen LogP contribution in [0.25, 0.3) is 125 Å².